The van der Waals surface area contributed by atoms with Gasteiger partial charge < -0.3 is 14.7 Å². The molecule has 7 nitrogen and oxygen atoms in total. The number of amides is 2. The zero-order chi connectivity index (χ0) is 21.3. The summed E-state index contributed by atoms with van der Waals surface area (Å²) in [6, 6.07) is 8.28. The molecule has 1 atom stereocenters. The summed E-state index contributed by atoms with van der Waals surface area (Å²) >= 11 is 0. The first-order valence-corrected chi connectivity index (χ1v) is 11.1. The molecule has 2 amide bonds. The first-order valence-electron chi connectivity index (χ1n) is 11.1. The highest BCUT2D eigenvalue weighted by atomic mass is 16.5. The Morgan fingerprint density at radius 2 is 2.10 bits per heavy atom. The van der Waals surface area contributed by atoms with E-state index in [0.29, 0.717) is 5.89 Å². The van der Waals surface area contributed by atoms with Gasteiger partial charge in [0, 0.05) is 31.2 Å². The molecule has 1 aromatic carbocycles. The summed E-state index contributed by atoms with van der Waals surface area (Å²) in [6.07, 6.45) is 3.99. The van der Waals surface area contributed by atoms with Gasteiger partial charge in [0.25, 0.3) is 0 Å². The number of hydrogen-bond donors (Lipinski definition) is 1. The normalized spacial score (nSPS) is 21.5. The highest BCUT2D eigenvalue weighted by Crippen LogP contribution is 2.47. The van der Waals surface area contributed by atoms with E-state index in [4.69, 9.17) is 4.52 Å². The maximum atomic E-state index is 12.8. The molecular weight excluding hydrogens is 378 g/mol. The third kappa shape index (κ3) is 4.21. The van der Waals surface area contributed by atoms with Gasteiger partial charge in [-0.25, -0.2) is 4.79 Å². The number of carbonyl (C=O) groups excluding carboxylic acids is 1. The highest BCUT2D eigenvalue weighted by Gasteiger charge is 2.46. The molecule has 2 saturated heterocycles. The van der Waals surface area contributed by atoms with Gasteiger partial charge in [-0.3, -0.25) is 4.90 Å². The second-order valence-electron chi connectivity index (χ2n) is 9.25. The molecular formula is C23H33N5O2. The Hall–Kier alpha value is -2.41. The Morgan fingerprint density at radius 3 is 2.77 bits per heavy atom. The molecule has 2 aliphatic rings. The molecule has 2 aliphatic heterocycles. The minimum Gasteiger partial charge on any atom is -0.339 e. The van der Waals surface area contributed by atoms with Gasteiger partial charge in [0.15, 0.2) is 5.82 Å². The molecule has 4 rings (SSSR count). The van der Waals surface area contributed by atoms with Crippen LogP contribution < -0.4 is 5.32 Å². The second-order valence-corrected chi connectivity index (χ2v) is 9.25. The van der Waals surface area contributed by atoms with E-state index < -0.39 is 0 Å². The molecule has 2 fully saturated rings. The number of aryl methyl sites for hydroxylation is 1. The van der Waals surface area contributed by atoms with Gasteiger partial charge in [-0.15, -0.1) is 0 Å². The van der Waals surface area contributed by atoms with Crippen LogP contribution in [0.2, 0.25) is 0 Å². The van der Waals surface area contributed by atoms with Gasteiger partial charge in [-0.2, -0.15) is 4.98 Å². The molecule has 1 N–H and O–H groups in total. The minimum absolute atomic E-state index is 0.000692. The van der Waals surface area contributed by atoms with Crippen LogP contribution in [0.25, 0.3) is 0 Å². The van der Waals surface area contributed by atoms with Crippen LogP contribution in [0.3, 0.4) is 0 Å². The van der Waals surface area contributed by atoms with Crippen molar-refractivity contribution in [1.29, 1.82) is 0 Å². The van der Waals surface area contributed by atoms with Crippen LogP contribution in [0.4, 0.5) is 10.5 Å². The lowest BCUT2D eigenvalue weighted by molar-refractivity contribution is 0.128. The van der Waals surface area contributed by atoms with Crippen LogP contribution in [0.15, 0.2) is 28.8 Å². The lowest BCUT2D eigenvalue weighted by Gasteiger charge is -2.39. The second kappa shape index (κ2) is 8.38. The van der Waals surface area contributed by atoms with Gasteiger partial charge in [-0.05, 0) is 55.8 Å². The van der Waals surface area contributed by atoms with Crippen LogP contribution >= 0.6 is 0 Å². The lowest BCUT2D eigenvalue weighted by Crippen LogP contribution is -2.45. The molecule has 30 heavy (non-hydrogen) atoms. The van der Waals surface area contributed by atoms with E-state index in [1.54, 1.807) is 0 Å². The molecule has 2 aromatic rings. The first-order chi connectivity index (χ1) is 14.4. The molecule has 162 valence electrons. The fourth-order valence-electron chi connectivity index (χ4n) is 4.79. The van der Waals surface area contributed by atoms with Crippen LogP contribution in [0.5, 0.6) is 0 Å². The topological polar surface area (TPSA) is 74.5 Å². The maximum absolute atomic E-state index is 12.8. The molecule has 1 spiro atoms. The Balaban J connectivity index is 1.35. The van der Waals surface area contributed by atoms with Crippen LogP contribution in [0.1, 0.15) is 69.3 Å². The number of aromatic nitrogens is 2. The Kier molecular flexibility index (Phi) is 5.82. The summed E-state index contributed by atoms with van der Waals surface area (Å²) < 4.78 is 5.44. The third-order valence-electron chi connectivity index (χ3n) is 6.69. The fraction of sp³-hybridized carbons (Fsp3) is 0.609. The van der Waals surface area contributed by atoms with Gasteiger partial charge in [0.2, 0.25) is 5.89 Å². The summed E-state index contributed by atoms with van der Waals surface area (Å²) in [7, 11) is 2.14. The summed E-state index contributed by atoms with van der Waals surface area (Å²) in [5, 5.41) is 7.32. The fourth-order valence-corrected chi connectivity index (χ4v) is 4.79. The molecule has 0 radical (unpaired) electrons. The zero-order valence-electron chi connectivity index (χ0n) is 18.5. The number of urea groups is 1. The molecule has 1 aromatic heterocycles. The highest BCUT2D eigenvalue weighted by molar-refractivity contribution is 5.89. The standard InChI is InChI=1S/C23H33N5O2/c1-5-17-7-6-8-18(13-17)24-22(29)28-11-9-23(10-12-28)14-19(27(4)15-23)20-25-21(16(2)3)30-26-20/h6-8,13,16,19H,5,9-12,14-15H2,1-4H3,(H,24,29). The van der Waals surface area contributed by atoms with Crippen LogP contribution in [-0.2, 0) is 6.42 Å². The molecule has 0 saturated carbocycles. The zero-order valence-corrected chi connectivity index (χ0v) is 18.5. The summed E-state index contributed by atoms with van der Waals surface area (Å²) in [5.74, 6) is 1.75. The average Bonchev–Trinajstić information content (AvgIpc) is 3.34. The van der Waals surface area contributed by atoms with Crippen LogP contribution in [0, 0.1) is 5.41 Å². The van der Waals surface area contributed by atoms with E-state index in [-0.39, 0.29) is 23.4 Å². The number of nitrogens with zero attached hydrogens (tertiary/aromatic N) is 4. The molecule has 3 heterocycles. The third-order valence-corrected chi connectivity index (χ3v) is 6.69. The van der Waals surface area contributed by atoms with E-state index in [0.717, 1.165) is 56.8 Å². The van der Waals surface area contributed by atoms with Crippen molar-refractivity contribution in [2.75, 3.05) is 32.0 Å². The van der Waals surface area contributed by atoms with Crippen molar-refractivity contribution < 1.29 is 9.32 Å². The monoisotopic (exact) mass is 411 g/mol. The van der Waals surface area contributed by atoms with Gasteiger partial charge in [-0.1, -0.05) is 38.1 Å². The lowest BCUT2D eigenvalue weighted by atomic mass is 9.76. The van der Waals surface area contributed by atoms with Crippen LogP contribution in [-0.4, -0.2) is 52.7 Å². The Morgan fingerprint density at radius 1 is 1.33 bits per heavy atom. The Bertz CT molecular complexity index is 885. The molecule has 1 unspecified atom stereocenters. The van der Waals surface area contributed by atoms with Gasteiger partial charge in [0.1, 0.15) is 0 Å². The molecule has 0 aliphatic carbocycles. The number of hydrogen-bond acceptors (Lipinski definition) is 5. The first kappa shape index (κ1) is 20.8. The van der Waals surface area contributed by atoms with Crippen molar-refractivity contribution in [3.63, 3.8) is 0 Å². The number of benzene rings is 1. The summed E-state index contributed by atoms with van der Waals surface area (Å²) in [5.41, 5.74) is 2.32. The van der Waals surface area contributed by atoms with E-state index in [9.17, 15) is 4.79 Å². The van der Waals surface area contributed by atoms with Gasteiger partial charge >= 0.3 is 6.03 Å². The predicted octanol–water partition coefficient (Wildman–Crippen LogP) is 4.45. The smallest absolute Gasteiger partial charge is 0.321 e. The number of anilines is 1. The van der Waals surface area contributed by atoms with Crippen molar-refractivity contribution in [3.05, 3.63) is 41.5 Å². The largest absolute Gasteiger partial charge is 0.339 e. The minimum atomic E-state index is 0.000692. The quantitative estimate of drug-likeness (QED) is 0.805. The van der Waals surface area contributed by atoms with Gasteiger partial charge in [0.05, 0.1) is 6.04 Å². The predicted molar refractivity (Wildman–Crippen MR) is 116 cm³/mol. The van der Waals surface area contributed by atoms with E-state index >= 15 is 0 Å². The summed E-state index contributed by atoms with van der Waals surface area (Å²) in [6.45, 7) is 8.83. The maximum Gasteiger partial charge on any atom is 0.321 e. The number of carbonyl (C=O) groups is 1. The van der Waals surface area contributed by atoms with Crippen molar-refractivity contribution in [1.82, 2.24) is 19.9 Å². The average molecular weight is 412 g/mol. The number of rotatable bonds is 4. The van der Waals surface area contributed by atoms with E-state index in [1.807, 2.05) is 17.0 Å². The number of piperidine rings is 1. The number of nitrogens with one attached hydrogen (secondary N) is 1. The SMILES string of the molecule is CCc1cccc(NC(=O)N2CCC3(CC2)CC(c2noc(C(C)C)n2)N(C)C3)c1. The summed E-state index contributed by atoms with van der Waals surface area (Å²) in [4.78, 5) is 21.7. The van der Waals surface area contributed by atoms with E-state index in [2.05, 4.69) is 60.3 Å². The van der Waals surface area contributed by atoms with E-state index in [1.165, 1.54) is 5.56 Å². The van der Waals surface area contributed by atoms with Crippen molar-refractivity contribution in [2.45, 2.75) is 58.4 Å². The van der Waals surface area contributed by atoms with Crippen molar-refractivity contribution in [3.8, 4) is 0 Å². The van der Waals surface area contributed by atoms with Crippen molar-refractivity contribution >= 4 is 11.7 Å². The molecule has 7 heteroatoms. The van der Waals surface area contributed by atoms with Crippen molar-refractivity contribution in [2.24, 2.45) is 5.41 Å². The molecule has 0 bridgehead atoms. The number of likely N-dealkylation sites (tertiary alicyclic amines) is 2. The Labute approximate surface area is 178 Å².